The number of ether oxygens (including phenoxy) is 1. The number of halogens is 1. The van der Waals surface area contributed by atoms with E-state index in [0.29, 0.717) is 41.3 Å². The van der Waals surface area contributed by atoms with Crippen LogP contribution in [0.5, 0.6) is 5.75 Å². The van der Waals surface area contributed by atoms with Gasteiger partial charge in [0.05, 0.1) is 18.0 Å². The first kappa shape index (κ1) is 39.2. The quantitative estimate of drug-likeness (QED) is 0.153. The standard InChI is InChI=1S/C37H42ClN5O9S/c1-20(2)30(32(44)36-39-27-19-25(51-5)14-17-29(27)52-36)40-35(47)28-7-6-18-43(28)37(48)31(21(3)4)41-33(45)22-8-10-23(11-9-22)34(46)42-53(49,50)26-15-12-24(38)13-16-26/h8-17,19-21,28,30-32,44H,6-7,18H2,1-5H3,(H,40,47)(H,41,45)(H,42,46)/t28-,30-,31-,32?/m0/s1. The fourth-order valence-corrected chi connectivity index (χ4v) is 7.15. The van der Waals surface area contributed by atoms with Crippen molar-refractivity contribution < 1.29 is 41.9 Å². The monoisotopic (exact) mass is 767 g/mol. The number of carbonyl (C=O) groups is 4. The van der Waals surface area contributed by atoms with Crippen LogP contribution in [0.2, 0.25) is 5.02 Å². The van der Waals surface area contributed by atoms with Crippen molar-refractivity contribution in [2.45, 2.75) is 69.7 Å². The number of aromatic nitrogens is 1. The van der Waals surface area contributed by atoms with Crippen molar-refractivity contribution in [3.05, 3.63) is 88.8 Å². The van der Waals surface area contributed by atoms with Gasteiger partial charge in [-0.3, -0.25) is 19.2 Å². The molecule has 5 rings (SSSR count). The number of likely N-dealkylation sites (tertiary alicyclic amines) is 1. The van der Waals surface area contributed by atoms with E-state index in [1.807, 2.05) is 18.6 Å². The van der Waals surface area contributed by atoms with E-state index in [2.05, 4.69) is 15.6 Å². The fourth-order valence-electron chi connectivity index (χ4n) is 6.05. The van der Waals surface area contributed by atoms with E-state index in [4.69, 9.17) is 20.8 Å². The number of carbonyl (C=O) groups excluding carboxylic acids is 4. The Morgan fingerprint density at radius 1 is 0.925 bits per heavy atom. The maximum Gasteiger partial charge on any atom is 0.264 e. The molecule has 4 aromatic rings. The molecule has 53 heavy (non-hydrogen) atoms. The summed E-state index contributed by atoms with van der Waals surface area (Å²) in [5.41, 5.74) is 1.05. The summed E-state index contributed by atoms with van der Waals surface area (Å²) in [6, 6.07) is 13.0. The molecule has 0 bridgehead atoms. The third kappa shape index (κ3) is 8.98. The maximum atomic E-state index is 13.9. The Labute approximate surface area is 312 Å². The Balaban J connectivity index is 1.24. The number of nitrogens with zero attached hydrogens (tertiary/aromatic N) is 2. The van der Waals surface area contributed by atoms with E-state index >= 15 is 0 Å². The van der Waals surface area contributed by atoms with Gasteiger partial charge < -0.3 is 29.8 Å². The molecule has 0 aliphatic carbocycles. The highest BCUT2D eigenvalue weighted by Crippen LogP contribution is 2.29. The molecule has 3 aromatic carbocycles. The van der Waals surface area contributed by atoms with Gasteiger partial charge in [0.15, 0.2) is 11.7 Å². The summed E-state index contributed by atoms with van der Waals surface area (Å²) in [4.78, 5) is 59.4. The van der Waals surface area contributed by atoms with Crippen molar-refractivity contribution in [2.75, 3.05) is 13.7 Å². The van der Waals surface area contributed by atoms with E-state index in [9.17, 15) is 32.7 Å². The molecule has 2 heterocycles. The predicted octanol–water partition coefficient (Wildman–Crippen LogP) is 4.23. The second-order valence-corrected chi connectivity index (χ2v) is 15.6. The molecule has 16 heteroatoms. The van der Waals surface area contributed by atoms with Gasteiger partial charge in [-0.25, -0.2) is 18.1 Å². The van der Waals surface area contributed by atoms with Crippen LogP contribution in [0.25, 0.3) is 11.1 Å². The Bertz CT molecular complexity index is 2090. The van der Waals surface area contributed by atoms with Gasteiger partial charge in [0.25, 0.3) is 21.8 Å². The second-order valence-electron chi connectivity index (χ2n) is 13.5. The first-order valence-electron chi connectivity index (χ1n) is 17.1. The molecule has 4 atom stereocenters. The highest BCUT2D eigenvalue weighted by molar-refractivity contribution is 7.90. The zero-order chi connectivity index (χ0) is 38.6. The number of rotatable bonds is 13. The number of amides is 4. The van der Waals surface area contributed by atoms with Crippen molar-refractivity contribution in [3.63, 3.8) is 0 Å². The molecular weight excluding hydrogens is 726 g/mol. The van der Waals surface area contributed by atoms with Gasteiger partial charge in [-0.1, -0.05) is 39.3 Å². The van der Waals surface area contributed by atoms with Gasteiger partial charge in [-0.15, -0.1) is 0 Å². The lowest BCUT2D eigenvalue weighted by atomic mass is 9.97. The van der Waals surface area contributed by atoms with Crippen LogP contribution < -0.4 is 20.1 Å². The molecule has 1 unspecified atom stereocenters. The Morgan fingerprint density at radius 2 is 1.57 bits per heavy atom. The second kappa shape index (κ2) is 16.4. The number of fused-ring (bicyclic) bond motifs is 1. The largest absolute Gasteiger partial charge is 0.497 e. The van der Waals surface area contributed by atoms with E-state index in [1.165, 1.54) is 60.5 Å². The summed E-state index contributed by atoms with van der Waals surface area (Å²) in [6.07, 6.45) is -0.338. The lowest BCUT2D eigenvalue weighted by Crippen LogP contribution is -2.56. The Morgan fingerprint density at radius 3 is 2.17 bits per heavy atom. The summed E-state index contributed by atoms with van der Waals surface area (Å²) < 4.78 is 38.3. The van der Waals surface area contributed by atoms with Crippen molar-refractivity contribution in [3.8, 4) is 5.75 Å². The van der Waals surface area contributed by atoms with Crippen molar-refractivity contribution >= 4 is 56.4 Å². The van der Waals surface area contributed by atoms with Crippen molar-refractivity contribution in [1.29, 1.82) is 0 Å². The number of hydrogen-bond acceptors (Lipinski definition) is 10. The summed E-state index contributed by atoms with van der Waals surface area (Å²) >= 11 is 5.82. The number of nitrogens with one attached hydrogen (secondary N) is 3. The number of sulfonamides is 1. The van der Waals surface area contributed by atoms with Crippen LogP contribution >= 0.6 is 11.6 Å². The topological polar surface area (TPSA) is 197 Å². The molecule has 1 fully saturated rings. The minimum atomic E-state index is -4.17. The number of benzene rings is 3. The van der Waals surface area contributed by atoms with Crippen LogP contribution in [0, 0.1) is 11.8 Å². The van der Waals surface area contributed by atoms with Crippen LogP contribution in [-0.2, 0) is 19.6 Å². The molecule has 1 aromatic heterocycles. The summed E-state index contributed by atoms with van der Waals surface area (Å²) in [5, 5.41) is 17.3. The van der Waals surface area contributed by atoms with Gasteiger partial charge in [-0.05, 0) is 85.3 Å². The predicted molar refractivity (Wildman–Crippen MR) is 196 cm³/mol. The number of aliphatic hydroxyl groups excluding tert-OH is 1. The van der Waals surface area contributed by atoms with Gasteiger partial charge in [0, 0.05) is 28.8 Å². The van der Waals surface area contributed by atoms with E-state index in [0.717, 1.165) is 0 Å². The highest BCUT2D eigenvalue weighted by atomic mass is 35.5. The minimum Gasteiger partial charge on any atom is -0.497 e. The molecule has 282 valence electrons. The average Bonchev–Trinajstić information content (AvgIpc) is 3.80. The van der Waals surface area contributed by atoms with Crippen LogP contribution in [0.15, 0.2) is 76.0 Å². The van der Waals surface area contributed by atoms with E-state index in [1.54, 1.807) is 32.0 Å². The molecule has 4 amide bonds. The average molecular weight is 768 g/mol. The fraction of sp³-hybridized carbons (Fsp3) is 0.378. The van der Waals surface area contributed by atoms with Crippen LogP contribution in [0.3, 0.4) is 0 Å². The highest BCUT2D eigenvalue weighted by Gasteiger charge is 2.40. The van der Waals surface area contributed by atoms with Crippen LogP contribution in [-0.4, -0.2) is 78.8 Å². The molecule has 0 saturated carbocycles. The maximum absolute atomic E-state index is 13.9. The molecule has 1 aliphatic rings. The third-order valence-electron chi connectivity index (χ3n) is 9.05. The smallest absolute Gasteiger partial charge is 0.264 e. The zero-order valence-electron chi connectivity index (χ0n) is 29.8. The normalized spacial score (nSPS) is 16.3. The molecule has 4 N–H and O–H groups in total. The summed E-state index contributed by atoms with van der Waals surface area (Å²) in [7, 11) is -2.64. The van der Waals surface area contributed by atoms with Crippen LogP contribution in [0.4, 0.5) is 0 Å². The molecule has 1 saturated heterocycles. The first-order chi connectivity index (χ1) is 25.1. The van der Waals surface area contributed by atoms with E-state index < -0.39 is 57.9 Å². The molecule has 1 aliphatic heterocycles. The summed E-state index contributed by atoms with van der Waals surface area (Å²) in [6.45, 7) is 7.50. The zero-order valence-corrected chi connectivity index (χ0v) is 31.4. The van der Waals surface area contributed by atoms with Gasteiger partial charge in [0.1, 0.15) is 23.3 Å². The minimum absolute atomic E-state index is 0.0114. The molecular formula is C37H42ClN5O9S. The number of aliphatic hydroxyl groups is 1. The van der Waals surface area contributed by atoms with Gasteiger partial charge in [-0.2, -0.15) is 0 Å². The van der Waals surface area contributed by atoms with Gasteiger partial charge in [0.2, 0.25) is 17.7 Å². The van der Waals surface area contributed by atoms with Crippen LogP contribution in [0.1, 0.15) is 73.2 Å². The lowest BCUT2D eigenvalue weighted by Gasteiger charge is -2.32. The van der Waals surface area contributed by atoms with E-state index in [-0.39, 0.29) is 33.7 Å². The summed E-state index contributed by atoms with van der Waals surface area (Å²) in [5.74, 6) is -2.38. The molecule has 0 radical (unpaired) electrons. The van der Waals surface area contributed by atoms with Gasteiger partial charge >= 0.3 is 0 Å². The SMILES string of the molecule is COc1ccc2oc(C(O)[C@@H](NC(=O)[C@@H]3CCCN3C(=O)[C@@H](NC(=O)c3ccc(C(=O)NS(=O)(=O)c4ccc(Cl)cc4)cc3)C(C)C)C(C)C)nc2c1. The van der Waals surface area contributed by atoms with Crippen molar-refractivity contribution in [2.24, 2.45) is 11.8 Å². The number of hydrogen-bond donors (Lipinski definition) is 4. The lowest BCUT2D eigenvalue weighted by molar-refractivity contribution is -0.141. The Kier molecular flexibility index (Phi) is 12.1. The number of methoxy groups -OCH3 is 1. The third-order valence-corrected chi connectivity index (χ3v) is 10.6. The molecule has 14 nitrogen and oxygen atoms in total. The molecule has 0 spiro atoms. The first-order valence-corrected chi connectivity index (χ1v) is 18.9. The van der Waals surface area contributed by atoms with Crippen molar-refractivity contribution in [1.82, 2.24) is 25.2 Å². The number of oxazole rings is 1. The Hall–Kier alpha value is -4.99.